The molecule has 0 saturated carbocycles. The zero-order valence-corrected chi connectivity index (χ0v) is 13.6. The van der Waals surface area contributed by atoms with Gasteiger partial charge in [-0.2, -0.15) is 0 Å². The number of hydrogen-bond donors (Lipinski definition) is 0. The molecule has 21 heavy (non-hydrogen) atoms. The van der Waals surface area contributed by atoms with Crippen LogP contribution in [0.25, 0.3) is 0 Å². The monoisotopic (exact) mass is 372 g/mol. The molecule has 0 aliphatic carbocycles. The first-order valence-electron chi connectivity index (χ1n) is 5.89. The summed E-state index contributed by atoms with van der Waals surface area (Å²) in [5, 5.41) is 0.215. The van der Waals surface area contributed by atoms with Gasteiger partial charge < -0.3 is 9.47 Å². The Morgan fingerprint density at radius 3 is 2.48 bits per heavy atom. The fraction of sp³-hybridized carbons (Fsp3) is 0.133. The van der Waals surface area contributed by atoms with Gasteiger partial charge >= 0.3 is 0 Å². The zero-order chi connectivity index (χ0) is 15.6. The van der Waals surface area contributed by atoms with Crippen LogP contribution in [0.15, 0.2) is 34.8 Å². The fourth-order valence-electron chi connectivity index (χ4n) is 1.87. The van der Waals surface area contributed by atoms with Crippen molar-refractivity contribution in [3.63, 3.8) is 0 Å². The van der Waals surface area contributed by atoms with E-state index in [0.29, 0.717) is 11.3 Å². The summed E-state index contributed by atoms with van der Waals surface area (Å²) in [6, 6.07) is 7.17. The van der Waals surface area contributed by atoms with Crippen LogP contribution in [0.3, 0.4) is 0 Å². The van der Waals surface area contributed by atoms with E-state index in [1.807, 2.05) is 0 Å². The number of carbonyl (C=O) groups excluding carboxylic acids is 1. The second kappa shape index (κ2) is 6.45. The Bertz CT molecular complexity index is 704. The molecule has 0 radical (unpaired) electrons. The average molecular weight is 374 g/mol. The number of carbonyl (C=O) groups is 1. The van der Waals surface area contributed by atoms with Gasteiger partial charge in [-0.15, -0.1) is 0 Å². The first kappa shape index (κ1) is 15.8. The molecule has 0 amide bonds. The molecule has 2 aromatic carbocycles. The van der Waals surface area contributed by atoms with Gasteiger partial charge in [0.1, 0.15) is 16.6 Å². The topological polar surface area (TPSA) is 35.5 Å². The van der Waals surface area contributed by atoms with Crippen LogP contribution in [0, 0.1) is 5.82 Å². The summed E-state index contributed by atoms with van der Waals surface area (Å²) in [6.07, 6.45) is 0. The Kier molecular flexibility index (Phi) is 4.85. The van der Waals surface area contributed by atoms with Crippen molar-refractivity contribution in [1.82, 2.24) is 0 Å². The van der Waals surface area contributed by atoms with Crippen LogP contribution in [-0.4, -0.2) is 20.0 Å². The molecule has 110 valence electrons. The molecule has 0 fully saturated rings. The molecule has 2 aromatic rings. The van der Waals surface area contributed by atoms with Crippen molar-refractivity contribution >= 4 is 33.3 Å². The number of hydrogen-bond acceptors (Lipinski definition) is 3. The van der Waals surface area contributed by atoms with E-state index in [1.54, 1.807) is 12.1 Å². The van der Waals surface area contributed by atoms with Crippen LogP contribution in [0.1, 0.15) is 15.9 Å². The summed E-state index contributed by atoms with van der Waals surface area (Å²) in [5.74, 6) is -0.129. The van der Waals surface area contributed by atoms with E-state index in [4.69, 9.17) is 21.1 Å². The lowest BCUT2D eigenvalue weighted by Gasteiger charge is -2.12. The van der Waals surface area contributed by atoms with Crippen molar-refractivity contribution in [3.8, 4) is 11.5 Å². The number of rotatable bonds is 4. The normalized spacial score (nSPS) is 10.3. The Morgan fingerprint density at radius 1 is 1.19 bits per heavy atom. The molecule has 0 bridgehead atoms. The smallest absolute Gasteiger partial charge is 0.196 e. The Labute approximate surface area is 134 Å². The number of methoxy groups -OCH3 is 2. The predicted molar refractivity (Wildman–Crippen MR) is 82.1 cm³/mol. The molecule has 0 saturated heterocycles. The highest BCUT2D eigenvalue weighted by Gasteiger charge is 2.20. The molecule has 0 spiro atoms. The third-order valence-corrected chi connectivity index (χ3v) is 3.88. The highest BCUT2D eigenvalue weighted by molar-refractivity contribution is 9.10. The maximum absolute atomic E-state index is 13.3. The number of halogens is 3. The molecule has 2 rings (SSSR count). The third-order valence-electron chi connectivity index (χ3n) is 2.91. The summed E-state index contributed by atoms with van der Waals surface area (Å²) < 4.78 is 23.7. The minimum absolute atomic E-state index is 0.215. The molecule has 0 N–H and O–H groups in total. The zero-order valence-electron chi connectivity index (χ0n) is 11.2. The van der Waals surface area contributed by atoms with Gasteiger partial charge in [-0.3, -0.25) is 4.79 Å². The summed E-state index contributed by atoms with van der Waals surface area (Å²) in [7, 11) is 2.89. The lowest BCUT2D eigenvalue weighted by atomic mass is 10.0. The van der Waals surface area contributed by atoms with E-state index in [2.05, 4.69) is 15.9 Å². The van der Waals surface area contributed by atoms with Crippen LogP contribution in [0.5, 0.6) is 11.5 Å². The van der Waals surface area contributed by atoms with Gasteiger partial charge in [-0.05, 0) is 46.3 Å². The van der Waals surface area contributed by atoms with Gasteiger partial charge in [0.2, 0.25) is 0 Å². The SMILES string of the molecule is COc1ccc(C(=O)c2ccc(F)c(Br)c2)c(OC)c1Cl. The minimum atomic E-state index is -0.439. The molecular weight excluding hydrogens is 363 g/mol. The van der Waals surface area contributed by atoms with Crippen molar-refractivity contribution in [2.24, 2.45) is 0 Å². The molecule has 3 nitrogen and oxygen atoms in total. The lowest BCUT2D eigenvalue weighted by Crippen LogP contribution is -2.05. The summed E-state index contributed by atoms with van der Waals surface area (Å²) >= 11 is 9.19. The fourth-order valence-corrected chi connectivity index (χ4v) is 2.56. The lowest BCUT2D eigenvalue weighted by molar-refractivity contribution is 0.103. The van der Waals surface area contributed by atoms with Crippen molar-refractivity contribution in [1.29, 1.82) is 0 Å². The molecule has 0 aliphatic heterocycles. The average Bonchev–Trinajstić information content (AvgIpc) is 2.49. The third kappa shape index (κ3) is 3.04. The molecule has 0 heterocycles. The van der Waals surface area contributed by atoms with Crippen LogP contribution in [0.4, 0.5) is 4.39 Å². The van der Waals surface area contributed by atoms with Crippen LogP contribution in [0.2, 0.25) is 5.02 Å². The first-order valence-corrected chi connectivity index (χ1v) is 7.07. The highest BCUT2D eigenvalue weighted by atomic mass is 79.9. The van der Waals surface area contributed by atoms with E-state index in [1.165, 1.54) is 32.4 Å². The van der Waals surface area contributed by atoms with Gasteiger partial charge in [-0.25, -0.2) is 4.39 Å². The maximum atomic E-state index is 13.3. The van der Waals surface area contributed by atoms with E-state index in [-0.39, 0.29) is 26.6 Å². The maximum Gasteiger partial charge on any atom is 0.196 e. The predicted octanol–water partition coefficient (Wildman–Crippen LogP) is 4.49. The van der Waals surface area contributed by atoms with E-state index in [0.717, 1.165) is 0 Å². The van der Waals surface area contributed by atoms with Crippen molar-refractivity contribution in [2.75, 3.05) is 14.2 Å². The standard InChI is InChI=1S/C15H11BrClFO3/c1-20-12-6-4-9(15(21-2)13(12)17)14(19)8-3-5-11(18)10(16)7-8/h3-7H,1-2H3. The van der Waals surface area contributed by atoms with Crippen molar-refractivity contribution in [2.45, 2.75) is 0 Å². The summed E-state index contributed by atoms with van der Waals surface area (Å²) in [4.78, 5) is 12.5. The van der Waals surface area contributed by atoms with E-state index in [9.17, 15) is 9.18 Å². The summed E-state index contributed by atoms with van der Waals surface area (Å²) in [5.41, 5.74) is 0.601. The quantitative estimate of drug-likeness (QED) is 0.741. The second-order valence-corrected chi connectivity index (χ2v) is 5.35. The molecule has 6 heteroatoms. The molecular formula is C15H11BrClFO3. The minimum Gasteiger partial charge on any atom is -0.495 e. The van der Waals surface area contributed by atoms with E-state index >= 15 is 0 Å². The number of benzene rings is 2. The number of ether oxygens (including phenoxy) is 2. The van der Waals surface area contributed by atoms with Crippen LogP contribution < -0.4 is 9.47 Å². The highest BCUT2D eigenvalue weighted by Crippen LogP contribution is 2.37. The van der Waals surface area contributed by atoms with Crippen molar-refractivity contribution in [3.05, 3.63) is 56.8 Å². The Balaban J connectivity index is 2.52. The molecule has 0 aliphatic rings. The Morgan fingerprint density at radius 2 is 1.90 bits per heavy atom. The first-order chi connectivity index (χ1) is 9.99. The molecule has 0 unspecified atom stereocenters. The van der Waals surface area contributed by atoms with Gasteiger partial charge in [0.05, 0.1) is 24.3 Å². The molecule has 0 atom stereocenters. The largest absolute Gasteiger partial charge is 0.495 e. The van der Waals surface area contributed by atoms with Gasteiger partial charge in [0, 0.05) is 5.56 Å². The molecule has 0 aromatic heterocycles. The number of ketones is 1. The van der Waals surface area contributed by atoms with Gasteiger partial charge in [-0.1, -0.05) is 11.6 Å². The van der Waals surface area contributed by atoms with Crippen molar-refractivity contribution < 1.29 is 18.7 Å². The Hall–Kier alpha value is -1.59. The summed E-state index contributed by atoms with van der Waals surface area (Å²) in [6.45, 7) is 0. The second-order valence-electron chi connectivity index (χ2n) is 4.12. The van der Waals surface area contributed by atoms with Crippen LogP contribution in [-0.2, 0) is 0 Å². The van der Waals surface area contributed by atoms with Gasteiger partial charge in [0.15, 0.2) is 11.5 Å². The van der Waals surface area contributed by atoms with Gasteiger partial charge in [0.25, 0.3) is 0 Å². The van der Waals surface area contributed by atoms with Crippen LogP contribution >= 0.6 is 27.5 Å². The van der Waals surface area contributed by atoms with E-state index < -0.39 is 5.82 Å².